The molecule has 1 aromatic rings. The first-order chi connectivity index (χ1) is 23.9. The molecule has 17 heteroatoms. The second-order valence-electron chi connectivity index (χ2n) is 11.8. The zero-order valence-corrected chi connectivity index (χ0v) is 33.9. The van der Waals surface area contributed by atoms with E-state index in [2.05, 4.69) is 9.47 Å². The van der Waals surface area contributed by atoms with Gasteiger partial charge in [0.25, 0.3) is 0 Å². The van der Waals surface area contributed by atoms with Crippen LogP contribution in [0.4, 0.5) is 0 Å². The van der Waals surface area contributed by atoms with Crippen LogP contribution >= 0.6 is 11.6 Å². The van der Waals surface area contributed by atoms with Gasteiger partial charge in [-0.25, -0.2) is 19.2 Å². The number of aliphatic hydroxyl groups excluding tert-OH is 1. The van der Waals surface area contributed by atoms with Crippen LogP contribution < -0.4 is 29.6 Å². The van der Waals surface area contributed by atoms with E-state index in [0.717, 1.165) is 37.7 Å². The van der Waals surface area contributed by atoms with E-state index in [0.29, 0.717) is 65.1 Å². The summed E-state index contributed by atoms with van der Waals surface area (Å²) in [6, 6.07) is 10.2. The van der Waals surface area contributed by atoms with Gasteiger partial charge in [0, 0.05) is 26.4 Å². The van der Waals surface area contributed by atoms with Crippen LogP contribution in [0.25, 0.3) is 0 Å². The Morgan fingerprint density at radius 1 is 0.792 bits per heavy atom. The number of carbonyl (C=O) groups is 4. The summed E-state index contributed by atoms with van der Waals surface area (Å²) in [6.45, 7) is 6.38. The normalized spacial score (nSPS) is 24.8. The van der Waals surface area contributed by atoms with Gasteiger partial charge in [0.15, 0.2) is 22.9 Å². The molecule has 302 valence electrons. The van der Waals surface area contributed by atoms with Gasteiger partial charge in [-0.3, -0.25) is 0 Å². The number of carboxylic acids is 2. The number of hydrogen-bond acceptors (Lipinski definition) is 13. The fraction of sp³-hybridized carbons (Fsp3) is 0.722. The van der Waals surface area contributed by atoms with E-state index in [1.807, 2.05) is 44.2 Å². The van der Waals surface area contributed by atoms with E-state index in [1.54, 1.807) is 0 Å². The van der Waals surface area contributed by atoms with Gasteiger partial charge >= 0.3 is 53.4 Å². The second kappa shape index (κ2) is 30.3. The van der Waals surface area contributed by atoms with Crippen molar-refractivity contribution in [2.75, 3.05) is 53.3 Å². The van der Waals surface area contributed by atoms with E-state index < -0.39 is 35.3 Å². The number of hydrogen-bond donors (Lipinski definition) is 3. The van der Waals surface area contributed by atoms with Crippen LogP contribution in [-0.4, -0.2) is 121 Å². The minimum absolute atomic E-state index is 0. The Bertz CT molecular complexity index is 1080. The number of ether oxygens (including phenoxy) is 7. The molecule has 4 aliphatic heterocycles. The summed E-state index contributed by atoms with van der Waals surface area (Å²) in [5.74, 6) is -2.34. The van der Waals surface area contributed by atoms with Crippen molar-refractivity contribution in [3.63, 3.8) is 0 Å². The van der Waals surface area contributed by atoms with Crippen molar-refractivity contribution in [3.05, 3.63) is 35.9 Å². The van der Waals surface area contributed by atoms with Gasteiger partial charge in [-0.1, -0.05) is 63.2 Å². The topological polar surface area (TPSA) is 224 Å². The van der Waals surface area contributed by atoms with Crippen molar-refractivity contribution >= 4 is 35.5 Å². The molecule has 0 spiro atoms. The third-order valence-corrected chi connectivity index (χ3v) is 8.78. The van der Waals surface area contributed by atoms with E-state index >= 15 is 0 Å². The zero-order valence-electron chi connectivity index (χ0n) is 31.1. The summed E-state index contributed by atoms with van der Waals surface area (Å²) in [6.07, 6.45) is 7.22. The van der Waals surface area contributed by atoms with Gasteiger partial charge in [-0.2, -0.15) is 0 Å². The van der Waals surface area contributed by atoms with Crippen LogP contribution in [0.15, 0.2) is 30.3 Å². The molecule has 4 N–H and O–H groups in total. The minimum atomic E-state index is -1.29. The van der Waals surface area contributed by atoms with Gasteiger partial charge in [0.05, 0.1) is 27.4 Å². The molecule has 4 unspecified atom stereocenters. The van der Waals surface area contributed by atoms with Crippen LogP contribution in [0.3, 0.4) is 0 Å². The smallest absolute Gasteiger partial charge is 0.870 e. The molecule has 0 amide bonds. The molecule has 1 aromatic carbocycles. The van der Waals surface area contributed by atoms with Crippen LogP contribution in [0.2, 0.25) is 0 Å². The van der Waals surface area contributed by atoms with Crippen molar-refractivity contribution < 1.29 is 103 Å². The van der Waals surface area contributed by atoms with Crippen molar-refractivity contribution in [1.29, 1.82) is 0 Å². The standard InChI is InChI=1S/C8H9ClO.C8H14O3.C7H12O3.C6H10O4.C6H10O3.CH4.Na.H2O/c9-7-10-6-8-4-2-1-3-5-8;1-3-8(7(9)10-2)5-4-6-11-8;1-2-7(6(8)9)4-3-5-10-7;7-4-6(5(8)9)2-1-3-10-6;1-8-6(7)5-3-2-4-9-5;;;/h1-5H,6-7H2;3-6H2,1-2H3;2-5H2,1H3,(H,8,9);7H,1-4H2,(H,8,9);5H,2-4H2,1H3;1H4;;1H2/q;;;;;;+1;/p-1. The predicted octanol–water partition coefficient (Wildman–Crippen LogP) is 1.96. The summed E-state index contributed by atoms with van der Waals surface area (Å²) in [5.41, 5.74) is -1.60. The zero-order chi connectivity index (χ0) is 37.5. The Hall–Kier alpha value is -1.89. The van der Waals surface area contributed by atoms with Gasteiger partial charge < -0.3 is 54.0 Å². The monoisotopic (exact) mass is 790 g/mol. The maximum absolute atomic E-state index is 11.2. The molecule has 4 aliphatic rings. The third-order valence-electron chi connectivity index (χ3n) is 8.63. The van der Waals surface area contributed by atoms with E-state index in [4.69, 9.17) is 50.6 Å². The maximum Gasteiger partial charge on any atom is 1.00 e. The molecule has 0 saturated carbocycles. The Labute approximate surface area is 340 Å². The van der Waals surface area contributed by atoms with E-state index in [-0.39, 0.29) is 66.6 Å². The number of carboxylic acid groups (broad SMARTS) is 2. The first-order valence-corrected chi connectivity index (χ1v) is 17.4. The molecule has 4 saturated heterocycles. The number of carbonyl (C=O) groups excluding carboxylic acids is 2. The van der Waals surface area contributed by atoms with Gasteiger partial charge in [-0.15, -0.1) is 0 Å². The fourth-order valence-electron chi connectivity index (χ4n) is 5.45. The quantitative estimate of drug-likeness (QED) is 0.175. The van der Waals surface area contributed by atoms with E-state index in [9.17, 15) is 19.2 Å². The molecule has 4 heterocycles. The molecule has 0 aromatic heterocycles. The number of alkyl halides is 1. The molecule has 0 bridgehead atoms. The number of aliphatic hydroxyl groups is 1. The minimum Gasteiger partial charge on any atom is -0.870 e. The van der Waals surface area contributed by atoms with Gasteiger partial charge in [0.1, 0.15) is 6.07 Å². The van der Waals surface area contributed by atoms with Crippen molar-refractivity contribution in [2.24, 2.45) is 0 Å². The van der Waals surface area contributed by atoms with Gasteiger partial charge in [0.2, 0.25) is 0 Å². The Balaban J connectivity index is -0.000000582. The van der Waals surface area contributed by atoms with Crippen molar-refractivity contribution in [2.45, 2.75) is 115 Å². The largest absolute Gasteiger partial charge is 1.00 e. The Kier molecular flexibility index (Phi) is 31.7. The Morgan fingerprint density at radius 3 is 1.58 bits per heavy atom. The second-order valence-corrected chi connectivity index (χ2v) is 12.0. The summed E-state index contributed by atoms with van der Waals surface area (Å²) in [5, 5.41) is 26.0. The summed E-state index contributed by atoms with van der Waals surface area (Å²) in [7, 11) is 2.78. The number of aliphatic carboxylic acids is 2. The molecular formula is C36H60ClNaO15. The van der Waals surface area contributed by atoms with Gasteiger partial charge in [-0.05, 0) is 69.8 Å². The van der Waals surface area contributed by atoms with Crippen LogP contribution in [0.1, 0.15) is 91.0 Å². The number of benzene rings is 1. The number of rotatable bonds is 10. The molecule has 5 rings (SSSR count). The molecular weight excluding hydrogens is 731 g/mol. The SMILES string of the molecule is C.CCC1(C(=O)O)CCCO1.CCC1(C(=O)OC)CCCO1.COC(=O)C1CCCO1.ClCOCc1ccccc1.O=C(O)C1(CO)CCCO1.[Na+].[OH-]. The number of esters is 2. The number of methoxy groups -OCH3 is 2. The first-order valence-electron chi connectivity index (χ1n) is 16.9. The molecule has 15 nitrogen and oxygen atoms in total. The maximum atomic E-state index is 11.2. The average molecular weight is 791 g/mol. The summed E-state index contributed by atoms with van der Waals surface area (Å²) >= 11 is 5.33. The number of halogens is 1. The van der Waals surface area contributed by atoms with Crippen LogP contribution in [-0.2, 0) is 58.9 Å². The summed E-state index contributed by atoms with van der Waals surface area (Å²) in [4.78, 5) is 43.0. The average Bonchev–Trinajstić information content (AvgIpc) is 3.99. The molecule has 53 heavy (non-hydrogen) atoms. The fourth-order valence-corrected chi connectivity index (χ4v) is 5.53. The van der Waals surface area contributed by atoms with E-state index in [1.165, 1.54) is 14.2 Å². The van der Waals surface area contributed by atoms with Crippen LogP contribution in [0, 0.1) is 0 Å². The summed E-state index contributed by atoms with van der Waals surface area (Å²) < 4.78 is 34.6. The molecule has 4 fully saturated rings. The third kappa shape index (κ3) is 18.5. The van der Waals surface area contributed by atoms with Crippen LogP contribution in [0.5, 0.6) is 0 Å². The Morgan fingerprint density at radius 2 is 1.28 bits per heavy atom. The molecule has 0 aliphatic carbocycles. The first kappa shape index (κ1) is 55.4. The molecule has 4 atom stereocenters. The van der Waals surface area contributed by atoms with Crippen molar-refractivity contribution in [3.8, 4) is 0 Å². The molecule has 0 radical (unpaired) electrons. The van der Waals surface area contributed by atoms with Crippen molar-refractivity contribution in [1.82, 2.24) is 0 Å². The predicted molar refractivity (Wildman–Crippen MR) is 190 cm³/mol.